The summed E-state index contributed by atoms with van der Waals surface area (Å²) in [6, 6.07) is 4.19. The third-order valence-corrected chi connectivity index (χ3v) is 5.04. The summed E-state index contributed by atoms with van der Waals surface area (Å²) in [6.07, 6.45) is 0. The maximum Gasteiger partial charge on any atom is 0.269 e. The number of aromatic nitrogens is 1. The quantitative estimate of drug-likeness (QED) is 0.597. The molecule has 1 aromatic carbocycles. The standard InChI is InChI=1S/C15H17ClN4O3S/c1-9-13(24-15(17-9)18(2)3)14(21)19(4)8-10-7-11(20(22)23)5-6-12(10)16/h5-7H,8H2,1-4H3. The Morgan fingerprint density at radius 3 is 2.58 bits per heavy atom. The highest BCUT2D eigenvalue weighted by Crippen LogP contribution is 2.27. The van der Waals surface area contributed by atoms with Crippen molar-refractivity contribution in [2.45, 2.75) is 13.5 Å². The predicted molar refractivity (Wildman–Crippen MR) is 95.1 cm³/mol. The molecule has 0 unspecified atom stereocenters. The molecule has 1 amide bonds. The maximum atomic E-state index is 12.6. The minimum Gasteiger partial charge on any atom is -0.354 e. The number of amides is 1. The number of hydrogen-bond acceptors (Lipinski definition) is 6. The van der Waals surface area contributed by atoms with Gasteiger partial charge in [-0.2, -0.15) is 0 Å². The van der Waals surface area contributed by atoms with Gasteiger partial charge < -0.3 is 9.80 Å². The topological polar surface area (TPSA) is 79.6 Å². The monoisotopic (exact) mass is 368 g/mol. The van der Waals surface area contributed by atoms with Crippen molar-refractivity contribution in [3.05, 3.63) is 49.5 Å². The highest BCUT2D eigenvalue weighted by molar-refractivity contribution is 7.17. The highest BCUT2D eigenvalue weighted by atomic mass is 35.5. The second kappa shape index (κ2) is 7.14. The van der Waals surface area contributed by atoms with Crippen LogP contribution in [0, 0.1) is 17.0 Å². The third-order valence-electron chi connectivity index (χ3n) is 3.36. The van der Waals surface area contributed by atoms with E-state index in [4.69, 9.17) is 11.6 Å². The molecule has 0 fully saturated rings. The maximum absolute atomic E-state index is 12.6. The van der Waals surface area contributed by atoms with Gasteiger partial charge in [0.2, 0.25) is 0 Å². The van der Waals surface area contributed by atoms with Crippen LogP contribution in [0.15, 0.2) is 18.2 Å². The van der Waals surface area contributed by atoms with Crippen molar-refractivity contribution in [1.29, 1.82) is 0 Å². The average molecular weight is 369 g/mol. The molecule has 0 aliphatic carbocycles. The molecule has 0 N–H and O–H groups in total. The van der Waals surface area contributed by atoms with E-state index >= 15 is 0 Å². The van der Waals surface area contributed by atoms with Gasteiger partial charge in [0, 0.05) is 44.8 Å². The summed E-state index contributed by atoms with van der Waals surface area (Å²) < 4.78 is 0. The molecular weight excluding hydrogens is 352 g/mol. The summed E-state index contributed by atoms with van der Waals surface area (Å²) in [6.45, 7) is 1.96. The molecule has 2 rings (SSSR count). The van der Waals surface area contributed by atoms with Crippen molar-refractivity contribution in [1.82, 2.24) is 9.88 Å². The first kappa shape index (κ1) is 18.2. The predicted octanol–water partition coefficient (Wildman–Crippen LogP) is 3.35. The lowest BCUT2D eigenvalue weighted by molar-refractivity contribution is -0.384. The van der Waals surface area contributed by atoms with Crippen LogP contribution in [0.4, 0.5) is 10.8 Å². The SMILES string of the molecule is Cc1nc(N(C)C)sc1C(=O)N(C)Cc1cc([N+](=O)[O-])ccc1Cl. The first-order valence-corrected chi connectivity index (χ1v) is 8.23. The van der Waals surface area contributed by atoms with Crippen molar-refractivity contribution in [2.75, 3.05) is 26.0 Å². The summed E-state index contributed by atoms with van der Waals surface area (Å²) >= 11 is 7.40. The summed E-state index contributed by atoms with van der Waals surface area (Å²) in [7, 11) is 5.35. The molecule has 0 bridgehead atoms. The first-order chi connectivity index (χ1) is 11.2. The van der Waals surface area contributed by atoms with E-state index in [0.29, 0.717) is 21.2 Å². The minimum atomic E-state index is -0.488. The number of carbonyl (C=O) groups is 1. The molecule has 2 aromatic rings. The lowest BCUT2D eigenvalue weighted by atomic mass is 10.2. The molecule has 9 heteroatoms. The van der Waals surface area contributed by atoms with Gasteiger partial charge >= 0.3 is 0 Å². The van der Waals surface area contributed by atoms with Crippen LogP contribution in [0.2, 0.25) is 5.02 Å². The van der Waals surface area contributed by atoms with Crippen LogP contribution in [0.3, 0.4) is 0 Å². The van der Waals surface area contributed by atoms with Crippen molar-refractivity contribution >= 4 is 39.7 Å². The Balaban J connectivity index is 2.23. The number of thiazole rings is 1. The zero-order chi connectivity index (χ0) is 18.0. The molecule has 0 saturated heterocycles. The summed E-state index contributed by atoms with van der Waals surface area (Å²) in [5.74, 6) is -0.194. The van der Waals surface area contributed by atoms with Gasteiger partial charge in [-0.05, 0) is 18.6 Å². The van der Waals surface area contributed by atoms with Crippen LogP contribution in [0.1, 0.15) is 20.9 Å². The number of nitro groups is 1. The van der Waals surface area contributed by atoms with E-state index in [-0.39, 0.29) is 18.1 Å². The zero-order valence-electron chi connectivity index (χ0n) is 13.7. The molecule has 0 spiro atoms. The average Bonchev–Trinajstić information content (AvgIpc) is 2.90. The van der Waals surface area contributed by atoms with E-state index in [1.54, 1.807) is 14.0 Å². The van der Waals surface area contributed by atoms with Gasteiger partial charge in [0.25, 0.3) is 11.6 Å². The van der Waals surface area contributed by atoms with Crippen molar-refractivity contribution in [3.63, 3.8) is 0 Å². The van der Waals surface area contributed by atoms with Gasteiger partial charge in [-0.3, -0.25) is 14.9 Å². The number of hydrogen-bond donors (Lipinski definition) is 0. The van der Waals surface area contributed by atoms with Crippen LogP contribution in [0.25, 0.3) is 0 Å². The van der Waals surface area contributed by atoms with Crippen molar-refractivity contribution < 1.29 is 9.72 Å². The van der Waals surface area contributed by atoms with E-state index in [1.165, 1.54) is 34.4 Å². The van der Waals surface area contributed by atoms with Gasteiger partial charge in [-0.25, -0.2) is 4.98 Å². The molecule has 0 aliphatic heterocycles. The Bertz CT molecular complexity index is 791. The molecule has 0 atom stereocenters. The number of nitrogens with zero attached hydrogens (tertiary/aromatic N) is 4. The van der Waals surface area contributed by atoms with E-state index in [2.05, 4.69) is 4.98 Å². The Morgan fingerprint density at radius 1 is 1.38 bits per heavy atom. The molecule has 7 nitrogen and oxygen atoms in total. The fraction of sp³-hybridized carbons (Fsp3) is 0.333. The minimum absolute atomic E-state index is 0.0564. The number of aryl methyl sites for hydroxylation is 1. The van der Waals surface area contributed by atoms with E-state index in [9.17, 15) is 14.9 Å². The molecule has 0 saturated carbocycles. The van der Waals surface area contributed by atoms with Gasteiger partial charge in [-0.15, -0.1) is 0 Å². The number of nitro benzene ring substituents is 1. The van der Waals surface area contributed by atoms with Crippen molar-refractivity contribution in [3.8, 4) is 0 Å². The number of carbonyl (C=O) groups excluding carboxylic acids is 1. The molecule has 1 aromatic heterocycles. The Kier molecular flexibility index (Phi) is 5.40. The van der Waals surface area contributed by atoms with Crippen LogP contribution < -0.4 is 4.90 Å². The molecule has 0 aliphatic rings. The van der Waals surface area contributed by atoms with Gasteiger partial charge in [-0.1, -0.05) is 22.9 Å². The van der Waals surface area contributed by atoms with Gasteiger partial charge in [0.05, 0.1) is 10.6 Å². The molecular formula is C15H17ClN4O3S. The number of benzene rings is 1. The Hall–Kier alpha value is -2.19. The lowest BCUT2D eigenvalue weighted by Gasteiger charge is -2.17. The van der Waals surface area contributed by atoms with Crippen LogP contribution in [-0.4, -0.2) is 41.9 Å². The van der Waals surface area contributed by atoms with Gasteiger partial charge in [0.1, 0.15) is 4.88 Å². The fourth-order valence-corrected chi connectivity index (χ4v) is 3.23. The summed E-state index contributed by atoms with van der Waals surface area (Å²) in [5.41, 5.74) is 1.13. The largest absolute Gasteiger partial charge is 0.354 e. The van der Waals surface area contributed by atoms with Crippen LogP contribution in [-0.2, 0) is 6.54 Å². The third kappa shape index (κ3) is 3.82. The van der Waals surface area contributed by atoms with Crippen LogP contribution in [0.5, 0.6) is 0 Å². The van der Waals surface area contributed by atoms with Gasteiger partial charge in [0.15, 0.2) is 5.13 Å². The van der Waals surface area contributed by atoms with Crippen LogP contribution >= 0.6 is 22.9 Å². The smallest absolute Gasteiger partial charge is 0.269 e. The first-order valence-electron chi connectivity index (χ1n) is 7.03. The summed E-state index contributed by atoms with van der Waals surface area (Å²) in [5, 5.41) is 12.0. The second-order valence-corrected chi connectivity index (χ2v) is 6.88. The van der Waals surface area contributed by atoms with E-state index in [0.717, 1.165) is 5.13 Å². The lowest BCUT2D eigenvalue weighted by Crippen LogP contribution is -2.26. The second-order valence-electron chi connectivity index (χ2n) is 5.50. The Morgan fingerprint density at radius 2 is 2.04 bits per heavy atom. The number of halogens is 1. The summed E-state index contributed by atoms with van der Waals surface area (Å²) in [4.78, 5) is 31.3. The fourth-order valence-electron chi connectivity index (χ4n) is 2.07. The highest BCUT2D eigenvalue weighted by Gasteiger charge is 2.21. The van der Waals surface area contributed by atoms with Crippen molar-refractivity contribution in [2.24, 2.45) is 0 Å². The normalized spacial score (nSPS) is 10.5. The molecule has 128 valence electrons. The van der Waals surface area contributed by atoms with E-state index in [1.807, 2.05) is 19.0 Å². The zero-order valence-corrected chi connectivity index (χ0v) is 15.3. The van der Waals surface area contributed by atoms with E-state index < -0.39 is 4.92 Å². The Labute approximate surface area is 148 Å². The number of anilines is 1. The molecule has 24 heavy (non-hydrogen) atoms. The molecule has 1 heterocycles. The molecule has 0 radical (unpaired) electrons. The number of non-ortho nitro benzene ring substituents is 1. The number of rotatable bonds is 5.